The average molecular weight is 345 g/mol. The van der Waals surface area contributed by atoms with Crippen LogP contribution < -0.4 is 10.1 Å². The minimum atomic E-state index is -1.19. The van der Waals surface area contributed by atoms with Crippen LogP contribution >= 0.6 is 0 Å². The molecule has 1 atom stereocenters. The van der Waals surface area contributed by atoms with E-state index in [9.17, 15) is 9.59 Å². The zero-order chi connectivity index (χ0) is 18.4. The highest BCUT2D eigenvalue weighted by molar-refractivity contribution is 5.85. The summed E-state index contributed by atoms with van der Waals surface area (Å²) in [6.07, 6.45) is 0.181. The highest BCUT2D eigenvalue weighted by atomic mass is 16.5. The molecule has 1 aromatic carbocycles. The van der Waals surface area contributed by atoms with Gasteiger partial charge in [0.05, 0.1) is 11.6 Å². The van der Waals surface area contributed by atoms with Gasteiger partial charge in [0.2, 0.25) is 5.91 Å². The molecule has 1 saturated heterocycles. The Morgan fingerprint density at radius 1 is 1.28 bits per heavy atom. The molecule has 0 saturated carbocycles. The van der Waals surface area contributed by atoms with Gasteiger partial charge < -0.3 is 20.1 Å². The van der Waals surface area contributed by atoms with Crippen LogP contribution in [-0.4, -0.2) is 47.2 Å². The van der Waals surface area contributed by atoms with E-state index in [-0.39, 0.29) is 17.9 Å². The van der Waals surface area contributed by atoms with Gasteiger partial charge in [0.1, 0.15) is 17.9 Å². The summed E-state index contributed by atoms with van der Waals surface area (Å²) in [7, 11) is 0. The summed E-state index contributed by atoms with van der Waals surface area (Å²) in [6, 6.07) is 8.28. The monoisotopic (exact) mass is 345 g/mol. The molecular weight excluding hydrogens is 322 g/mol. The fourth-order valence-electron chi connectivity index (χ4n) is 2.84. The Balaban J connectivity index is 1.88. The van der Waals surface area contributed by atoms with Crippen LogP contribution in [0.25, 0.3) is 0 Å². The van der Waals surface area contributed by atoms with Gasteiger partial charge >= 0.3 is 6.09 Å². The number of rotatable bonds is 5. The Labute approximate surface area is 147 Å². The van der Waals surface area contributed by atoms with Gasteiger partial charge in [-0.15, -0.1) is 0 Å². The van der Waals surface area contributed by atoms with E-state index in [0.29, 0.717) is 37.2 Å². The molecule has 1 aliphatic heterocycles. The fraction of sp³-hybridized carbons (Fsp3) is 0.500. The molecule has 7 heteroatoms. The third-order valence-corrected chi connectivity index (χ3v) is 4.25. The van der Waals surface area contributed by atoms with E-state index in [0.717, 1.165) is 0 Å². The van der Waals surface area contributed by atoms with Gasteiger partial charge in [-0.3, -0.25) is 4.79 Å². The molecule has 0 bridgehead atoms. The highest BCUT2D eigenvalue weighted by Crippen LogP contribution is 2.20. The lowest BCUT2D eigenvalue weighted by Gasteiger charge is -2.35. The Morgan fingerprint density at radius 3 is 2.36 bits per heavy atom. The molecule has 2 rings (SSSR count). The van der Waals surface area contributed by atoms with E-state index >= 15 is 0 Å². The summed E-state index contributed by atoms with van der Waals surface area (Å²) in [5.41, 5.74) is 0.582. The quantitative estimate of drug-likeness (QED) is 0.852. The lowest BCUT2D eigenvalue weighted by molar-refractivity contribution is -0.136. The van der Waals surface area contributed by atoms with Gasteiger partial charge in [-0.25, -0.2) is 4.79 Å². The number of carbonyl (C=O) groups excluding carboxylic acids is 1. The van der Waals surface area contributed by atoms with Crippen molar-refractivity contribution in [3.63, 3.8) is 0 Å². The smallest absolute Gasteiger partial charge is 0.405 e. The van der Waals surface area contributed by atoms with Crippen molar-refractivity contribution in [1.82, 2.24) is 10.2 Å². The predicted octanol–water partition coefficient (Wildman–Crippen LogP) is 2.22. The first-order valence-electron chi connectivity index (χ1n) is 8.35. The third-order valence-electron chi connectivity index (χ3n) is 4.25. The molecule has 0 radical (unpaired) electrons. The molecule has 0 spiro atoms. The minimum Gasteiger partial charge on any atom is -0.490 e. The number of hydrogen-bond acceptors (Lipinski definition) is 4. The standard InChI is InChI=1S/C18H23N3O4/c1-12(2)16(20-18(23)24)17(22)21-9-7-15(8-10-21)25-14-5-3-13(11-19)4-6-14/h3-6,12,15-16,20H,7-10H2,1-2H3,(H,23,24)/t16-/m0/s1. The number of ether oxygens (including phenoxy) is 1. The molecule has 1 fully saturated rings. The van der Waals surface area contributed by atoms with Crippen molar-refractivity contribution >= 4 is 12.0 Å². The molecule has 7 nitrogen and oxygen atoms in total. The fourth-order valence-corrected chi connectivity index (χ4v) is 2.84. The SMILES string of the molecule is CC(C)[C@H](NC(=O)O)C(=O)N1CCC(Oc2ccc(C#N)cc2)CC1. The van der Waals surface area contributed by atoms with Crippen LogP contribution in [0.3, 0.4) is 0 Å². The number of hydrogen-bond donors (Lipinski definition) is 2. The van der Waals surface area contributed by atoms with Crippen molar-refractivity contribution in [2.45, 2.75) is 38.8 Å². The highest BCUT2D eigenvalue weighted by Gasteiger charge is 2.31. The summed E-state index contributed by atoms with van der Waals surface area (Å²) in [5.74, 6) is 0.404. The van der Waals surface area contributed by atoms with Crippen molar-refractivity contribution in [2.75, 3.05) is 13.1 Å². The number of benzene rings is 1. The molecule has 1 aromatic rings. The largest absolute Gasteiger partial charge is 0.490 e. The number of piperidine rings is 1. The number of nitriles is 1. The maximum atomic E-state index is 12.5. The number of likely N-dealkylation sites (tertiary alicyclic amines) is 1. The summed E-state index contributed by atoms with van der Waals surface area (Å²) in [6.45, 7) is 4.70. The van der Waals surface area contributed by atoms with Gasteiger partial charge in [-0.2, -0.15) is 5.26 Å². The molecular formula is C18H23N3O4. The van der Waals surface area contributed by atoms with Crippen LogP contribution in [0.15, 0.2) is 24.3 Å². The zero-order valence-corrected chi connectivity index (χ0v) is 14.4. The summed E-state index contributed by atoms with van der Waals surface area (Å²) < 4.78 is 5.90. The summed E-state index contributed by atoms with van der Waals surface area (Å²) in [4.78, 5) is 25.1. The van der Waals surface area contributed by atoms with Gasteiger partial charge in [-0.05, 0) is 30.2 Å². The molecule has 0 aromatic heterocycles. The van der Waals surface area contributed by atoms with Crippen molar-refractivity contribution in [1.29, 1.82) is 5.26 Å². The van der Waals surface area contributed by atoms with Crippen molar-refractivity contribution in [2.24, 2.45) is 5.92 Å². The van der Waals surface area contributed by atoms with E-state index in [1.807, 2.05) is 13.8 Å². The van der Waals surface area contributed by atoms with Gasteiger partial charge in [0.25, 0.3) is 0 Å². The maximum Gasteiger partial charge on any atom is 0.405 e. The summed E-state index contributed by atoms with van der Waals surface area (Å²) >= 11 is 0. The number of carboxylic acid groups (broad SMARTS) is 1. The second kappa shape index (κ2) is 8.38. The topological polar surface area (TPSA) is 103 Å². The molecule has 1 heterocycles. The second-order valence-corrected chi connectivity index (χ2v) is 6.45. The number of amides is 2. The average Bonchev–Trinajstić information content (AvgIpc) is 2.60. The van der Waals surface area contributed by atoms with Gasteiger partial charge in [0, 0.05) is 25.9 Å². The van der Waals surface area contributed by atoms with Crippen molar-refractivity contribution in [3.8, 4) is 11.8 Å². The van der Waals surface area contributed by atoms with Gasteiger partial charge in [-0.1, -0.05) is 13.8 Å². The first kappa shape index (κ1) is 18.6. The molecule has 2 amide bonds. The Bertz CT molecular complexity index is 643. The van der Waals surface area contributed by atoms with E-state index in [1.54, 1.807) is 29.2 Å². The van der Waals surface area contributed by atoms with Gasteiger partial charge in [0.15, 0.2) is 0 Å². The van der Waals surface area contributed by atoms with E-state index in [1.165, 1.54) is 0 Å². The van der Waals surface area contributed by atoms with Crippen molar-refractivity contribution < 1.29 is 19.4 Å². The van der Waals surface area contributed by atoms with Crippen molar-refractivity contribution in [3.05, 3.63) is 29.8 Å². The van der Waals surface area contributed by atoms with Crippen LogP contribution in [0.5, 0.6) is 5.75 Å². The zero-order valence-electron chi connectivity index (χ0n) is 14.4. The third kappa shape index (κ3) is 5.11. The van der Waals surface area contributed by atoms with E-state index < -0.39 is 12.1 Å². The first-order valence-corrected chi connectivity index (χ1v) is 8.35. The van der Waals surface area contributed by atoms with Crippen LogP contribution in [0, 0.1) is 17.2 Å². The Morgan fingerprint density at radius 2 is 1.88 bits per heavy atom. The Hall–Kier alpha value is -2.75. The van der Waals surface area contributed by atoms with Crippen LogP contribution in [-0.2, 0) is 4.79 Å². The molecule has 0 unspecified atom stereocenters. The predicted molar refractivity (Wildman–Crippen MR) is 91.2 cm³/mol. The maximum absolute atomic E-state index is 12.5. The lowest BCUT2D eigenvalue weighted by Crippen LogP contribution is -2.53. The number of nitrogens with zero attached hydrogens (tertiary/aromatic N) is 2. The van der Waals surface area contributed by atoms with Crippen LogP contribution in [0.2, 0.25) is 0 Å². The first-order chi connectivity index (χ1) is 11.9. The number of nitrogens with one attached hydrogen (secondary N) is 1. The molecule has 134 valence electrons. The molecule has 25 heavy (non-hydrogen) atoms. The van der Waals surface area contributed by atoms with E-state index in [2.05, 4.69) is 11.4 Å². The van der Waals surface area contributed by atoms with Crippen LogP contribution in [0.4, 0.5) is 4.79 Å². The number of carbonyl (C=O) groups is 2. The van der Waals surface area contributed by atoms with Crippen LogP contribution in [0.1, 0.15) is 32.3 Å². The molecule has 0 aliphatic carbocycles. The minimum absolute atomic E-state index is 0.00178. The lowest BCUT2D eigenvalue weighted by atomic mass is 10.0. The van der Waals surface area contributed by atoms with E-state index in [4.69, 9.17) is 15.1 Å². The normalized spacial score (nSPS) is 16.2. The molecule has 1 aliphatic rings. The second-order valence-electron chi connectivity index (χ2n) is 6.45. The summed E-state index contributed by atoms with van der Waals surface area (Å²) in [5, 5.41) is 20.0. The Kier molecular flexibility index (Phi) is 6.23. The molecule has 2 N–H and O–H groups in total.